The van der Waals surface area contributed by atoms with Gasteiger partial charge in [0, 0.05) is 20.6 Å². The highest BCUT2D eigenvalue weighted by Crippen LogP contribution is 2.24. The van der Waals surface area contributed by atoms with Crippen molar-refractivity contribution in [2.24, 2.45) is 4.99 Å². The minimum absolute atomic E-state index is 0. The summed E-state index contributed by atoms with van der Waals surface area (Å²) in [4.78, 5) is 17.5. The van der Waals surface area contributed by atoms with Crippen LogP contribution in [0.25, 0.3) is 0 Å². The molecule has 0 aliphatic carbocycles. The molecule has 0 fully saturated rings. The van der Waals surface area contributed by atoms with Crippen molar-refractivity contribution in [3.8, 4) is 5.75 Å². The number of carbonyl (C=O) groups excluding carboxylic acids is 1. The predicted molar refractivity (Wildman–Crippen MR) is 117 cm³/mol. The molecule has 6 nitrogen and oxygen atoms in total. The Balaban J connectivity index is 0.00000576. The Morgan fingerprint density at radius 2 is 2.00 bits per heavy atom. The first-order valence-corrected chi connectivity index (χ1v) is 8.86. The fourth-order valence-electron chi connectivity index (χ4n) is 1.74. The molecular formula is C17H28BrIN4O2. The Morgan fingerprint density at radius 3 is 2.60 bits per heavy atom. The summed E-state index contributed by atoms with van der Waals surface area (Å²) >= 11 is 3.47. The number of carbonyl (C=O) groups is 1. The summed E-state index contributed by atoms with van der Waals surface area (Å²) in [5.41, 5.74) is 0. The van der Waals surface area contributed by atoms with Crippen LogP contribution in [0.2, 0.25) is 0 Å². The number of amides is 1. The molecule has 2 N–H and O–H groups in total. The molecule has 0 saturated carbocycles. The van der Waals surface area contributed by atoms with Crippen molar-refractivity contribution in [2.75, 3.05) is 33.7 Å². The van der Waals surface area contributed by atoms with Gasteiger partial charge < -0.3 is 20.3 Å². The molecule has 0 bridgehead atoms. The molecule has 8 heteroatoms. The maximum absolute atomic E-state index is 11.7. The lowest BCUT2D eigenvalue weighted by atomic mass is 10.3. The molecule has 25 heavy (non-hydrogen) atoms. The van der Waals surface area contributed by atoms with Crippen LogP contribution in [0, 0.1) is 0 Å². The van der Waals surface area contributed by atoms with Crippen LogP contribution in [0.5, 0.6) is 5.75 Å². The summed E-state index contributed by atoms with van der Waals surface area (Å²) in [6.45, 7) is 5.54. The number of para-hydroxylation sites is 1. The molecule has 0 heterocycles. The summed E-state index contributed by atoms with van der Waals surface area (Å²) < 4.78 is 6.82. The first-order valence-electron chi connectivity index (χ1n) is 8.07. The van der Waals surface area contributed by atoms with E-state index in [9.17, 15) is 4.79 Å². The predicted octanol–water partition coefficient (Wildman–Crippen LogP) is 2.87. The first-order chi connectivity index (χ1) is 11.4. The molecule has 0 radical (unpaired) electrons. The van der Waals surface area contributed by atoms with E-state index in [2.05, 4.69) is 38.5 Å². The van der Waals surface area contributed by atoms with Gasteiger partial charge in [-0.05, 0) is 41.4 Å². The minimum atomic E-state index is -0.0538. The maximum Gasteiger partial charge on any atom is 0.243 e. The summed E-state index contributed by atoms with van der Waals surface area (Å²) in [7, 11) is 3.44. The van der Waals surface area contributed by atoms with E-state index in [4.69, 9.17) is 4.74 Å². The van der Waals surface area contributed by atoms with Crippen LogP contribution in [-0.2, 0) is 4.79 Å². The Labute approximate surface area is 175 Å². The van der Waals surface area contributed by atoms with Gasteiger partial charge in [0.25, 0.3) is 0 Å². The molecule has 1 amide bonds. The number of benzene rings is 1. The molecule has 0 aliphatic rings. The third kappa shape index (κ3) is 9.88. The van der Waals surface area contributed by atoms with Gasteiger partial charge in [-0.1, -0.05) is 19.1 Å². The Bertz CT molecular complexity index is 555. The average Bonchev–Trinajstić information content (AvgIpc) is 2.55. The van der Waals surface area contributed by atoms with Crippen molar-refractivity contribution in [1.29, 1.82) is 0 Å². The molecule has 1 unspecified atom stereocenters. The molecule has 1 atom stereocenters. The van der Waals surface area contributed by atoms with E-state index in [0.29, 0.717) is 12.5 Å². The van der Waals surface area contributed by atoms with E-state index >= 15 is 0 Å². The lowest BCUT2D eigenvalue weighted by molar-refractivity contribution is -0.127. The lowest BCUT2D eigenvalue weighted by Gasteiger charge is -2.18. The third-order valence-electron chi connectivity index (χ3n) is 3.14. The molecule has 1 aromatic rings. The summed E-state index contributed by atoms with van der Waals surface area (Å²) in [6.07, 6.45) is 0.924. The molecule has 0 aliphatic heterocycles. The van der Waals surface area contributed by atoms with Crippen LogP contribution < -0.4 is 15.4 Å². The maximum atomic E-state index is 11.7. The standard InChI is InChI=1S/C17H27BrN4O2.HI/c1-5-10-19-17(21-12-16(23)22(3)4)20-11-13(2)24-15-9-7-6-8-14(15)18;/h6-9,13H,5,10-12H2,1-4H3,(H2,19,20,21);1H. The fraction of sp³-hybridized carbons (Fsp3) is 0.529. The van der Waals surface area contributed by atoms with Gasteiger partial charge in [-0.25, -0.2) is 4.99 Å². The van der Waals surface area contributed by atoms with Crippen LogP contribution in [0.15, 0.2) is 33.7 Å². The second-order valence-corrected chi connectivity index (χ2v) is 6.47. The number of ether oxygens (including phenoxy) is 1. The Morgan fingerprint density at radius 1 is 1.32 bits per heavy atom. The zero-order valence-electron chi connectivity index (χ0n) is 15.2. The lowest BCUT2D eigenvalue weighted by Crippen LogP contribution is -2.42. The zero-order valence-corrected chi connectivity index (χ0v) is 19.1. The van der Waals surface area contributed by atoms with E-state index in [0.717, 1.165) is 23.2 Å². The van der Waals surface area contributed by atoms with Crippen LogP contribution in [0.3, 0.4) is 0 Å². The molecule has 0 spiro atoms. The topological polar surface area (TPSA) is 66.0 Å². The van der Waals surface area contributed by atoms with Crippen molar-refractivity contribution in [1.82, 2.24) is 15.5 Å². The van der Waals surface area contributed by atoms with Crippen LogP contribution >= 0.6 is 39.9 Å². The molecule has 0 saturated heterocycles. The number of rotatable bonds is 8. The number of hydrogen-bond acceptors (Lipinski definition) is 3. The van der Waals surface area contributed by atoms with E-state index in [1.54, 1.807) is 14.1 Å². The quantitative estimate of drug-likeness (QED) is 0.310. The number of guanidine groups is 1. The number of aliphatic imine (C=N–C) groups is 1. The van der Waals surface area contributed by atoms with Crippen molar-refractivity contribution < 1.29 is 9.53 Å². The fourth-order valence-corrected chi connectivity index (χ4v) is 2.12. The first kappa shape index (κ1) is 24.0. The van der Waals surface area contributed by atoms with Crippen molar-refractivity contribution in [3.05, 3.63) is 28.7 Å². The van der Waals surface area contributed by atoms with Crippen LogP contribution in [0.4, 0.5) is 0 Å². The highest BCUT2D eigenvalue weighted by atomic mass is 127. The molecule has 142 valence electrons. The number of nitrogens with one attached hydrogen (secondary N) is 2. The van der Waals surface area contributed by atoms with E-state index < -0.39 is 0 Å². The van der Waals surface area contributed by atoms with Gasteiger partial charge >= 0.3 is 0 Å². The minimum Gasteiger partial charge on any atom is -0.488 e. The molecule has 1 aromatic carbocycles. The van der Waals surface area contributed by atoms with Gasteiger partial charge in [0.15, 0.2) is 5.96 Å². The summed E-state index contributed by atoms with van der Waals surface area (Å²) in [5.74, 6) is 1.38. The monoisotopic (exact) mass is 526 g/mol. The van der Waals surface area contributed by atoms with E-state index in [1.807, 2.05) is 31.2 Å². The number of halogens is 2. The number of nitrogens with zero attached hydrogens (tertiary/aromatic N) is 2. The highest BCUT2D eigenvalue weighted by Gasteiger charge is 2.09. The second kappa shape index (κ2) is 13.2. The van der Waals surface area contributed by atoms with Crippen molar-refractivity contribution >= 4 is 51.8 Å². The summed E-state index contributed by atoms with van der Waals surface area (Å²) in [6, 6.07) is 7.74. The van der Waals surface area contributed by atoms with Gasteiger partial charge in [0.2, 0.25) is 5.91 Å². The SMILES string of the molecule is CCCNC(=NCC(=O)N(C)C)NCC(C)Oc1ccccc1Br.I. The number of hydrogen-bond donors (Lipinski definition) is 2. The van der Waals surface area contributed by atoms with Gasteiger partial charge in [-0.2, -0.15) is 0 Å². The molecular weight excluding hydrogens is 499 g/mol. The normalized spacial score (nSPS) is 12.0. The smallest absolute Gasteiger partial charge is 0.243 e. The highest BCUT2D eigenvalue weighted by molar-refractivity contribution is 14.0. The number of likely N-dealkylation sites (N-methyl/N-ethyl adjacent to an activating group) is 1. The third-order valence-corrected chi connectivity index (χ3v) is 3.79. The van der Waals surface area contributed by atoms with E-state index in [1.165, 1.54) is 4.90 Å². The molecule has 0 aromatic heterocycles. The van der Waals surface area contributed by atoms with Gasteiger partial charge in [-0.15, -0.1) is 24.0 Å². The molecule has 1 rings (SSSR count). The average molecular weight is 527 g/mol. The van der Waals surface area contributed by atoms with Crippen molar-refractivity contribution in [3.63, 3.8) is 0 Å². The van der Waals surface area contributed by atoms with Crippen molar-refractivity contribution in [2.45, 2.75) is 26.4 Å². The zero-order chi connectivity index (χ0) is 17.9. The van der Waals surface area contributed by atoms with Gasteiger partial charge in [-0.3, -0.25) is 4.79 Å². The second-order valence-electron chi connectivity index (χ2n) is 5.62. The van der Waals surface area contributed by atoms with Crippen LogP contribution in [-0.4, -0.2) is 56.6 Å². The van der Waals surface area contributed by atoms with Crippen LogP contribution in [0.1, 0.15) is 20.3 Å². The Kier molecular flexibility index (Phi) is 12.7. The Hall–Kier alpha value is -1.03. The largest absolute Gasteiger partial charge is 0.488 e. The summed E-state index contributed by atoms with van der Waals surface area (Å²) in [5, 5.41) is 6.41. The van der Waals surface area contributed by atoms with Gasteiger partial charge in [0.1, 0.15) is 18.4 Å². The van der Waals surface area contributed by atoms with E-state index in [-0.39, 0.29) is 42.5 Å². The van der Waals surface area contributed by atoms with Gasteiger partial charge in [0.05, 0.1) is 11.0 Å².